The van der Waals surface area contributed by atoms with Crippen LogP contribution in [0.4, 0.5) is 34.1 Å². The molecule has 0 fully saturated rings. The van der Waals surface area contributed by atoms with Crippen molar-refractivity contribution in [3.05, 3.63) is 369 Å². The van der Waals surface area contributed by atoms with E-state index < -0.39 is 0 Å². The molecular weight excluding hydrogens is 1370 g/mol. The molecule has 3 aromatic heterocycles. The normalized spacial score (nSPS) is 12.7. The standard InChI is InChI=1S/C105H76BN5S/c1-104(2,3)75-47-53-92(83(61-75)70-32-17-10-18-33-70)111-97-60-74(102-78(73-46-55-101-86(58-73)81-36-21-24-41-100(81)112-101)37-25-40-96(102)109-89-38-22-19-34-79(89)80-35-20-23-39-90(80)109)43-49-87(97)106-88-59-72(68-28-13-8-14-29-68)45-52-95(88)110(91-51-44-71(67-26-11-7-12-27-67)57-82(91)69-30-15-9-16-31-69)98-63-77(64-99(111)103(98)106)108-93-50-42-66(65-107)56-84(93)85-62-76(105(4,5)6)48-54-94(85)108/h7-64H,1-6H3. The molecule has 530 valence electrons. The van der Waals surface area contributed by atoms with Crippen molar-refractivity contribution in [3.63, 3.8) is 0 Å². The highest BCUT2D eigenvalue weighted by Gasteiger charge is 2.46. The molecule has 0 atom stereocenters. The fourth-order valence-electron chi connectivity index (χ4n) is 18.2. The minimum absolute atomic E-state index is 0.149. The van der Waals surface area contributed by atoms with Crippen LogP contribution in [-0.4, -0.2) is 15.8 Å². The first-order chi connectivity index (χ1) is 54.8. The summed E-state index contributed by atoms with van der Waals surface area (Å²) in [5.74, 6) is 0. The summed E-state index contributed by atoms with van der Waals surface area (Å²) < 4.78 is 7.56. The number of fused-ring (bicyclic) bond motifs is 13. The van der Waals surface area contributed by atoms with E-state index in [2.05, 4.69) is 412 Å². The highest BCUT2D eigenvalue weighted by molar-refractivity contribution is 7.25. The molecule has 21 rings (SSSR count). The van der Waals surface area contributed by atoms with Gasteiger partial charge in [-0.3, -0.25) is 0 Å². The lowest BCUT2D eigenvalue weighted by atomic mass is 9.33. The van der Waals surface area contributed by atoms with Crippen LogP contribution in [0.25, 0.3) is 142 Å². The molecule has 0 N–H and O–H groups in total. The molecule has 0 unspecified atom stereocenters. The zero-order valence-corrected chi connectivity index (χ0v) is 64.0. The van der Waals surface area contributed by atoms with Gasteiger partial charge in [0.05, 0.1) is 56.4 Å². The summed E-state index contributed by atoms with van der Waals surface area (Å²) in [6.07, 6.45) is 0. The van der Waals surface area contributed by atoms with Gasteiger partial charge in [-0.25, -0.2) is 0 Å². The Bertz CT molecular complexity index is 7050. The number of hydrogen-bond donors (Lipinski definition) is 0. The van der Waals surface area contributed by atoms with Crippen LogP contribution >= 0.6 is 11.3 Å². The summed E-state index contributed by atoms with van der Waals surface area (Å²) in [7, 11) is 0. The number of thiophene rings is 1. The second-order valence-corrected chi connectivity index (χ2v) is 33.4. The van der Waals surface area contributed by atoms with Gasteiger partial charge in [-0.05, 0) is 204 Å². The Morgan fingerprint density at radius 2 is 0.786 bits per heavy atom. The number of para-hydroxylation sites is 2. The van der Waals surface area contributed by atoms with Crippen LogP contribution in [0, 0.1) is 11.3 Å². The maximum Gasteiger partial charge on any atom is 0.252 e. The van der Waals surface area contributed by atoms with Crippen molar-refractivity contribution in [1.29, 1.82) is 5.26 Å². The minimum Gasteiger partial charge on any atom is -0.311 e. The summed E-state index contributed by atoms with van der Waals surface area (Å²) in [4.78, 5) is 5.28. The molecule has 5 nitrogen and oxygen atoms in total. The second kappa shape index (κ2) is 25.8. The maximum atomic E-state index is 10.8. The number of aromatic nitrogens is 2. The molecule has 5 heterocycles. The average molecular weight is 1450 g/mol. The Hall–Kier alpha value is -13.5. The predicted octanol–water partition coefficient (Wildman–Crippen LogP) is 26.8. The van der Waals surface area contributed by atoms with Crippen molar-refractivity contribution >= 4 is 132 Å². The van der Waals surface area contributed by atoms with Crippen LogP contribution in [0.2, 0.25) is 0 Å². The van der Waals surface area contributed by atoms with Gasteiger partial charge in [0.2, 0.25) is 0 Å². The van der Waals surface area contributed by atoms with Gasteiger partial charge >= 0.3 is 0 Å². The molecule has 0 saturated heterocycles. The third-order valence-corrected chi connectivity index (χ3v) is 24.8. The third-order valence-electron chi connectivity index (χ3n) is 23.6. The van der Waals surface area contributed by atoms with Gasteiger partial charge in [0.1, 0.15) is 0 Å². The van der Waals surface area contributed by atoms with Crippen molar-refractivity contribution in [2.24, 2.45) is 0 Å². The second-order valence-electron chi connectivity index (χ2n) is 32.3. The van der Waals surface area contributed by atoms with Crippen LogP contribution in [0.1, 0.15) is 58.2 Å². The number of benzene rings is 16. The van der Waals surface area contributed by atoms with Gasteiger partial charge in [-0.15, -0.1) is 11.3 Å². The van der Waals surface area contributed by atoms with Crippen molar-refractivity contribution in [1.82, 2.24) is 9.13 Å². The average Bonchev–Trinajstić information content (AvgIpc) is 0.753. The fraction of sp³-hybridized carbons (Fsp3) is 0.0762. The molecule has 2 aliphatic rings. The molecule has 0 radical (unpaired) electrons. The number of hydrogen-bond acceptors (Lipinski definition) is 4. The van der Waals surface area contributed by atoms with E-state index in [1.165, 1.54) is 58.5 Å². The Balaban J connectivity index is 0.929. The van der Waals surface area contributed by atoms with Crippen LogP contribution in [0.15, 0.2) is 352 Å². The monoisotopic (exact) mass is 1450 g/mol. The summed E-state index contributed by atoms with van der Waals surface area (Å²) in [5, 5.41) is 17.9. The first kappa shape index (κ1) is 66.7. The molecule has 0 aliphatic carbocycles. The topological polar surface area (TPSA) is 40.1 Å². The lowest BCUT2D eigenvalue weighted by Crippen LogP contribution is -2.61. The fourth-order valence-corrected chi connectivity index (χ4v) is 19.3. The largest absolute Gasteiger partial charge is 0.311 e. The van der Waals surface area contributed by atoms with Gasteiger partial charge in [-0.2, -0.15) is 5.26 Å². The maximum absolute atomic E-state index is 10.8. The van der Waals surface area contributed by atoms with E-state index in [0.29, 0.717) is 5.56 Å². The van der Waals surface area contributed by atoms with Gasteiger partial charge in [-0.1, -0.05) is 278 Å². The Kier molecular flexibility index (Phi) is 15.4. The lowest BCUT2D eigenvalue weighted by Gasteiger charge is -2.45. The summed E-state index contributed by atoms with van der Waals surface area (Å²) in [5.41, 5.74) is 32.8. The van der Waals surface area contributed by atoms with Crippen molar-refractivity contribution < 1.29 is 0 Å². The molecule has 0 spiro atoms. The Morgan fingerprint density at radius 3 is 1.43 bits per heavy atom. The number of nitriles is 1. The van der Waals surface area contributed by atoms with E-state index in [0.717, 1.165) is 145 Å². The first-order valence-corrected chi connectivity index (χ1v) is 39.7. The SMILES string of the molecule is CC(C)(C)c1ccc(N2c3cc(-c4c(-c5ccc6sc7ccccc7c6c5)cccc4-n4c5ccccc5c5ccccc54)ccc3B3c4cc(-c5ccccc5)ccc4N(c4ccc(-c5ccccc5)cc4-c4ccccc4)c4cc(-n5c6ccc(C#N)cc6c6cc(C(C)(C)C)ccc65)cc2c43)c(-c2ccccc2)c1. The van der Waals surface area contributed by atoms with E-state index in [1.54, 1.807) is 0 Å². The smallest absolute Gasteiger partial charge is 0.252 e. The molecule has 19 aromatic rings. The summed E-state index contributed by atoms with van der Waals surface area (Å²) in [6, 6.07) is 135. The van der Waals surface area contributed by atoms with Crippen molar-refractivity contribution in [2.45, 2.75) is 52.4 Å². The van der Waals surface area contributed by atoms with E-state index in [9.17, 15) is 5.26 Å². The molecule has 112 heavy (non-hydrogen) atoms. The van der Waals surface area contributed by atoms with E-state index >= 15 is 0 Å². The molecule has 0 saturated carbocycles. The predicted molar refractivity (Wildman–Crippen MR) is 477 cm³/mol. The van der Waals surface area contributed by atoms with Gasteiger partial charge in [0.15, 0.2) is 0 Å². The van der Waals surface area contributed by atoms with Crippen LogP contribution in [0.3, 0.4) is 0 Å². The van der Waals surface area contributed by atoms with E-state index in [-0.39, 0.29) is 17.5 Å². The highest BCUT2D eigenvalue weighted by atomic mass is 32.1. The molecular formula is C105H76BN5S. The Morgan fingerprint density at radius 1 is 0.286 bits per heavy atom. The number of anilines is 6. The Labute approximate surface area is 657 Å². The van der Waals surface area contributed by atoms with Crippen molar-refractivity contribution in [2.75, 3.05) is 9.80 Å². The molecule has 7 heteroatoms. The molecule has 2 aliphatic heterocycles. The van der Waals surface area contributed by atoms with Gasteiger partial charge in [0.25, 0.3) is 6.71 Å². The van der Waals surface area contributed by atoms with Crippen LogP contribution in [-0.2, 0) is 10.8 Å². The van der Waals surface area contributed by atoms with Gasteiger partial charge in [0, 0.05) is 81.2 Å². The lowest BCUT2D eigenvalue weighted by molar-refractivity contribution is 0.590. The zero-order chi connectivity index (χ0) is 75.3. The summed E-state index contributed by atoms with van der Waals surface area (Å²) in [6.45, 7) is 13.5. The first-order valence-electron chi connectivity index (χ1n) is 38.9. The highest BCUT2D eigenvalue weighted by Crippen LogP contribution is 2.54. The van der Waals surface area contributed by atoms with Crippen LogP contribution in [0.5, 0.6) is 0 Å². The molecule has 0 bridgehead atoms. The molecule has 0 amide bonds. The summed E-state index contributed by atoms with van der Waals surface area (Å²) >= 11 is 1.86. The minimum atomic E-state index is -0.306. The van der Waals surface area contributed by atoms with E-state index in [4.69, 9.17) is 0 Å². The molecule has 16 aromatic carbocycles. The quantitative estimate of drug-likeness (QED) is 0.128. The zero-order valence-electron chi connectivity index (χ0n) is 63.2. The number of nitrogens with zero attached hydrogens (tertiary/aromatic N) is 5. The van der Waals surface area contributed by atoms with Gasteiger partial charge < -0.3 is 18.9 Å². The van der Waals surface area contributed by atoms with E-state index in [1.807, 2.05) is 17.4 Å². The van der Waals surface area contributed by atoms with Crippen LogP contribution < -0.4 is 26.2 Å². The number of rotatable bonds is 10. The third kappa shape index (κ3) is 10.7. The van der Waals surface area contributed by atoms with Crippen molar-refractivity contribution in [3.8, 4) is 84.2 Å².